The number of para-hydroxylation sites is 1. The third-order valence-corrected chi connectivity index (χ3v) is 2.46. The molecular formula is C14H13NO3. The number of aromatic nitrogens is 1. The SMILES string of the molecule is O=C(O)c1ccccc1OCCc1ccccn1. The number of aromatic carboxylic acids is 1. The summed E-state index contributed by atoms with van der Waals surface area (Å²) in [7, 11) is 0. The first-order valence-corrected chi connectivity index (χ1v) is 5.62. The lowest BCUT2D eigenvalue weighted by Crippen LogP contribution is -2.06. The second kappa shape index (κ2) is 5.82. The Labute approximate surface area is 105 Å². The van der Waals surface area contributed by atoms with Gasteiger partial charge in [-0.2, -0.15) is 0 Å². The van der Waals surface area contributed by atoms with Crippen LogP contribution in [0.5, 0.6) is 5.75 Å². The number of carboxylic acid groups (broad SMARTS) is 1. The predicted molar refractivity (Wildman–Crippen MR) is 66.8 cm³/mol. The molecule has 0 aliphatic rings. The molecule has 0 aliphatic heterocycles. The van der Waals surface area contributed by atoms with E-state index in [1.807, 2.05) is 18.2 Å². The molecular weight excluding hydrogens is 230 g/mol. The topological polar surface area (TPSA) is 59.4 Å². The molecule has 0 fully saturated rings. The number of hydrogen-bond donors (Lipinski definition) is 1. The van der Waals surface area contributed by atoms with E-state index in [0.717, 1.165) is 5.69 Å². The molecule has 0 radical (unpaired) electrons. The van der Waals surface area contributed by atoms with Gasteiger partial charge in [0.1, 0.15) is 11.3 Å². The Morgan fingerprint density at radius 1 is 1.17 bits per heavy atom. The molecule has 1 heterocycles. The quantitative estimate of drug-likeness (QED) is 0.876. The Bertz CT molecular complexity index is 526. The minimum atomic E-state index is -0.983. The number of carbonyl (C=O) groups is 1. The first kappa shape index (κ1) is 12.1. The Kier molecular flexibility index (Phi) is 3.91. The lowest BCUT2D eigenvalue weighted by atomic mass is 10.2. The van der Waals surface area contributed by atoms with E-state index in [4.69, 9.17) is 9.84 Å². The number of pyridine rings is 1. The van der Waals surface area contributed by atoms with Crippen LogP contribution < -0.4 is 4.74 Å². The molecule has 0 saturated heterocycles. The molecule has 0 unspecified atom stereocenters. The fraction of sp³-hybridized carbons (Fsp3) is 0.143. The van der Waals surface area contributed by atoms with Crippen LogP contribution in [0.15, 0.2) is 48.7 Å². The van der Waals surface area contributed by atoms with Crippen LogP contribution in [0.4, 0.5) is 0 Å². The summed E-state index contributed by atoms with van der Waals surface area (Å²) in [6.07, 6.45) is 2.37. The second-order valence-electron chi connectivity index (χ2n) is 3.72. The van der Waals surface area contributed by atoms with Crippen LogP contribution in [0, 0.1) is 0 Å². The van der Waals surface area contributed by atoms with E-state index in [1.54, 1.807) is 24.4 Å². The first-order chi connectivity index (χ1) is 8.77. The zero-order chi connectivity index (χ0) is 12.8. The summed E-state index contributed by atoms with van der Waals surface area (Å²) >= 11 is 0. The minimum absolute atomic E-state index is 0.179. The largest absolute Gasteiger partial charge is 0.492 e. The number of nitrogens with zero attached hydrogens (tertiary/aromatic N) is 1. The van der Waals surface area contributed by atoms with Gasteiger partial charge < -0.3 is 9.84 Å². The van der Waals surface area contributed by atoms with Gasteiger partial charge in [-0.15, -0.1) is 0 Å². The number of hydrogen-bond acceptors (Lipinski definition) is 3. The zero-order valence-electron chi connectivity index (χ0n) is 9.74. The molecule has 18 heavy (non-hydrogen) atoms. The maximum Gasteiger partial charge on any atom is 0.339 e. The summed E-state index contributed by atoms with van der Waals surface area (Å²) in [5.74, 6) is -0.593. The molecule has 1 aromatic carbocycles. The highest BCUT2D eigenvalue weighted by molar-refractivity contribution is 5.90. The zero-order valence-corrected chi connectivity index (χ0v) is 9.74. The molecule has 4 nitrogen and oxygen atoms in total. The van der Waals surface area contributed by atoms with E-state index in [2.05, 4.69) is 4.98 Å². The van der Waals surface area contributed by atoms with Crippen molar-refractivity contribution in [2.75, 3.05) is 6.61 Å². The van der Waals surface area contributed by atoms with Crippen LogP contribution in [-0.2, 0) is 6.42 Å². The molecule has 2 rings (SSSR count). The summed E-state index contributed by atoms with van der Waals surface area (Å²) in [6, 6.07) is 12.3. The van der Waals surface area contributed by atoms with Crippen molar-refractivity contribution in [2.45, 2.75) is 6.42 Å². The maximum absolute atomic E-state index is 11.0. The normalized spacial score (nSPS) is 10.0. The van der Waals surface area contributed by atoms with Gasteiger partial charge in [0.2, 0.25) is 0 Å². The highest BCUT2D eigenvalue weighted by Gasteiger charge is 2.09. The highest BCUT2D eigenvalue weighted by atomic mass is 16.5. The number of carboxylic acids is 1. The summed E-state index contributed by atoms with van der Waals surface area (Å²) in [4.78, 5) is 15.1. The van der Waals surface area contributed by atoms with E-state index >= 15 is 0 Å². The molecule has 0 spiro atoms. The molecule has 1 N–H and O–H groups in total. The average Bonchev–Trinajstić information content (AvgIpc) is 2.40. The molecule has 0 bridgehead atoms. The minimum Gasteiger partial charge on any atom is -0.492 e. The summed E-state index contributed by atoms with van der Waals surface area (Å²) in [5.41, 5.74) is 1.10. The van der Waals surface area contributed by atoms with Crippen LogP contribution >= 0.6 is 0 Å². The van der Waals surface area contributed by atoms with Gasteiger partial charge in [-0.05, 0) is 24.3 Å². The fourth-order valence-electron chi connectivity index (χ4n) is 1.58. The van der Waals surface area contributed by atoms with Crippen molar-refractivity contribution in [3.05, 3.63) is 59.9 Å². The predicted octanol–water partition coefficient (Wildman–Crippen LogP) is 2.40. The molecule has 2 aromatic rings. The van der Waals surface area contributed by atoms with Gasteiger partial charge >= 0.3 is 5.97 Å². The lowest BCUT2D eigenvalue weighted by Gasteiger charge is -2.08. The van der Waals surface area contributed by atoms with Crippen LogP contribution in [0.3, 0.4) is 0 Å². The van der Waals surface area contributed by atoms with E-state index in [-0.39, 0.29) is 5.56 Å². The van der Waals surface area contributed by atoms with Gasteiger partial charge in [0.15, 0.2) is 0 Å². The van der Waals surface area contributed by atoms with Crippen molar-refractivity contribution in [1.82, 2.24) is 4.98 Å². The summed E-state index contributed by atoms with van der Waals surface area (Å²) in [5, 5.41) is 8.99. The molecule has 1 aromatic heterocycles. The standard InChI is InChI=1S/C14H13NO3/c16-14(17)12-6-1-2-7-13(12)18-10-8-11-5-3-4-9-15-11/h1-7,9H,8,10H2,(H,16,17). The van der Waals surface area contributed by atoms with E-state index in [9.17, 15) is 4.79 Å². The van der Waals surface area contributed by atoms with Crippen LogP contribution in [0.2, 0.25) is 0 Å². The van der Waals surface area contributed by atoms with Gasteiger partial charge in [0.25, 0.3) is 0 Å². The second-order valence-corrected chi connectivity index (χ2v) is 3.72. The van der Waals surface area contributed by atoms with Gasteiger partial charge in [-0.25, -0.2) is 4.79 Å². The van der Waals surface area contributed by atoms with E-state index in [0.29, 0.717) is 18.8 Å². The van der Waals surface area contributed by atoms with Crippen molar-refractivity contribution in [3.8, 4) is 5.75 Å². The van der Waals surface area contributed by atoms with Crippen molar-refractivity contribution < 1.29 is 14.6 Å². The molecule has 0 atom stereocenters. The highest BCUT2D eigenvalue weighted by Crippen LogP contribution is 2.17. The first-order valence-electron chi connectivity index (χ1n) is 5.62. The van der Waals surface area contributed by atoms with Gasteiger partial charge in [-0.1, -0.05) is 18.2 Å². The van der Waals surface area contributed by atoms with Gasteiger partial charge in [0, 0.05) is 18.3 Å². The molecule has 92 valence electrons. The van der Waals surface area contributed by atoms with Gasteiger partial charge in [-0.3, -0.25) is 4.98 Å². The van der Waals surface area contributed by atoms with Gasteiger partial charge in [0.05, 0.1) is 6.61 Å². The monoisotopic (exact) mass is 243 g/mol. The average molecular weight is 243 g/mol. The Morgan fingerprint density at radius 3 is 2.67 bits per heavy atom. The Hall–Kier alpha value is -2.36. The van der Waals surface area contributed by atoms with E-state index < -0.39 is 5.97 Å². The maximum atomic E-state index is 11.0. The Balaban J connectivity index is 1.97. The molecule has 4 heteroatoms. The smallest absolute Gasteiger partial charge is 0.339 e. The van der Waals surface area contributed by atoms with Crippen molar-refractivity contribution in [2.24, 2.45) is 0 Å². The number of rotatable bonds is 5. The Morgan fingerprint density at radius 2 is 1.94 bits per heavy atom. The molecule has 0 aliphatic carbocycles. The molecule has 0 amide bonds. The number of ether oxygens (including phenoxy) is 1. The lowest BCUT2D eigenvalue weighted by molar-refractivity contribution is 0.0692. The van der Waals surface area contributed by atoms with Crippen LogP contribution in [-0.4, -0.2) is 22.7 Å². The van der Waals surface area contributed by atoms with Crippen molar-refractivity contribution in [3.63, 3.8) is 0 Å². The number of benzene rings is 1. The van der Waals surface area contributed by atoms with Crippen LogP contribution in [0.1, 0.15) is 16.1 Å². The van der Waals surface area contributed by atoms with Crippen molar-refractivity contribution in [1.29, 1.82) is 0 Å². The molecule has 0 saturated carbocycles. The fourth-order valence-corrected chi connectivity index (χ4v) is 1.58. The van der Waals surface area contributed by atoms with Crippen molar-refractivity contribution >= 4 is 5.97 Å². The third-order valence-electron chi connectivity index (χ3n) is 2.46. The summed E-state index contributed by atoms with van der Waals surface area (Å²) in [6.45, 7) is 0.404. The van der Waals surface area contributed by atoms with Crippen LogP contribution in [0.25, 0.3) is 0 Å². The summed E-state index contributed by atoms with van der Waals surface area (Å²) < 4.78 is 5.48. The third kappa shape index (κ3) is 3.07. The van der Waals surface area contributed by atoms with E-state index in [1.165, 1.54) is 6.07 Å².